The van der Waals surface area contributed by atoms with Crippen molar-refractivity contribution in [2.24, 2.45) is 0 Å². The van der Waals surface area contributed by atoms with Crippen LogP contribution in [0.25, 0.3) is 0 Å². The number of carbonyl (C=O) groups is 1. The lowest BCUT2D eigenvalue weighted by molar-refractivity contribution is -0.130. The lowest BCUT2D eigenvalue weighted by atomic mass is 10.1. The summed E-state index contributed by atoms with van der Waals surface area (Å²) in [5.74, 6) is 0.985. The lowest BCUT2D eigenvalue weighted by Crippen LogP contribution is -2.49. The second-order valence-corrected chi connectivity index (χ2v) is 6.62. The Morgan fingerprint density at radius 2 is 1.76 bits per heavy atom. The van der Waals surface area contributed by atoms with E-state index in [1.807, 2.05) is 29.2 Å². The minimum atomic E-state index is 0.189. The summed E-state index contributed by atoms with van der Waals surface area (Å²) >= 11 is 0. The standard InChI is InChI=1S/C21H26N2O2/c1-16-6-4-9-20(17(16)2)22-10-12-23(13-11-22)21(24)15-18-7-5-8-19(14-18)25-3/h4-9,14H,10-13,15H2,1-3H3. The summed E-state index contributed by atoms with van der Waals surface area (Å²) in [4.78, 5) is 17.0. The van der Waals surface area contributed by atoms with Gasteiger partial charge in [0.15, 0.2) is 0 Å². The van der Waals surface area contributed by atoms with Crippen molar-refractivity contribution >= 4 is 11.6 Å². The second-order valence-electron chi connectivity index (χ2n) is 6.62. The van der Waals surface area contributed by atoms with Crippen LogP contribution in [0.15, 0.2) is 42.5 Å². The Hall–Kier alpha value is -2.49. The number of rotatable bonds is 4. The van der Waals surface area contributed by atoms with E-state index in [0.717, 1.165) is 37.5 Å². The highest BCUT2D eigenvalue weighted by atomic mass is 16.5. The van der Waals surface area contributed by atoms with Gasteiger partial charge in [-0.05, 0) is 48.7 Å². The molecule has 132 valence electrons. The van der Waals surface area contributed by atoms with E-state index in [9.17, 15) is 4.79 Å². The Labute approximate surface area is 150 Å². The Kier molecular flexibility index (Phi) is 5.27. The van der Waals surface area contributed by atoms with Gasteiger partial charge in [0.2, 0.25) is 5.91 Å². The van der Waals surface area contributed by atoms with Crippen LogP contribution in [0, 0.1) is 13.8 Å². The van der Waals surface area contributed by atoms with E-state index in [4.69, 9.17) is 4.74 Å². The number of nitrogens with zero attached hydrogens (tertiary/aromatic N) is 2. The van der Waals surface area contributed by atoms with Crippen molar-refractivity contribution in [1.29, 1.82) is 0 Å². The Morgan fingerprint density at radius 1 is 1.04 bits per heavy atom. The van der Waals surface area contributed by atoms with Crippen LogP contribution >= 0.6 is 0 Å². The average molecular weight is 338 g/mol. The fourth-order valence-corrected chi connectivity index (χ4v) is 3.34. The molecule has 0 radical (unpaired) electrons. The monoisotopic (exact) mass is 338 g/mol. The number of benzene rings is 2. The first-order valence-electron chi connectivity index (χ1n) is 8.80. The number of ether oxygens (including phenoxy) is 1. The normalized spacial score (nSPS) is 14.5. The van der Waals surface area contributed by atoms with Crippen LogP contribution < -0.4 is 9.64 Å². The van der Waals surface area contributed by atoms with Crippen molar-refractivity contribution < 1.29 is 9.53 Å². The molecule has 1 heterocycles. The molecule has 2 aromatic carbocycles. The Bertz CT molecular complexity index is 749. The quantitative estimate of drug-likeness (QED) is 0.858. The van der Waals surface area contributed by atoms with Crippen molar-refractivity contribution in [3.63, 3.8) is 0 Å². The van der Waals surface area contributed by atoms with Gasteiger partial charge in [-0.3, -0.25) is 4.79 Å². The molecule has 4 heteroatoms. The third-order valence-electron chi connectivity index (χ3n) is 5.04. The Balaban J connectivity index is 1.60. The highest BCUT2D eigenvalue weighted by molar-refractivity contribution is 5.79. The van der Waals surface area contributed by atoms with Crippen LogP contribution in [0.4, 0.5) is 5.69 Å². The maximum absolute atomic E-state index is 12.6. The molecule has 0 saturated carbocycles. The summed E-state index contributed by atoms with van der Waals surface area (Å²) in [6.07, 6.45) is 0.431. The van der Waals surface area contributed by atoms with Crippen LogP contribution in [-0.4, -0.2) is 44.1 Å². The van der Waals surface area contributed by atoms with E-state index < -0.39 is 0 Å². The number of anilines is 1. The molecule has 25 heavy (non-hydrogen) atoms. The number of hydrogen-bond donors (Lipinski definition) is 0. The molecule has 2 aromatic rings. The lowest BCUT2D eigenvalue weighted by Gasteiger charge is -2.37. The van der Waals surface area contributed by atoms with E-state index in [1.165, 1.54) is 16.8 Å². The molecule has 1 saturated heterocycles. The number of amides is 1. The summed E-state index contributed by atoms with van der Waals surface area (Å²) in [5.41, 5.74) is 4.94. The predicted octanol–water partition coefficient (Wildman–Crippen LogP) is 3.20. The van der Waals surface area contributed by atoms with Gasteiger partial charge in [0.1, 0.15) is 5.75 Å². The molecule has 4 nitrogen and oxygen atoms in total. The number of hydrogen-bond acceptors (Lipinski definition) is 3. The molecule has 0 atom stereocenters. The van der Waals surface area contributed by atoms with Crippen LogP contribution in [0.5, 0.6) is 5.75 Å². The summed E-state index contributed by atoms with van der Waals surface area (Å²) in [6, 6.07) is 14.2. The number of piperazine rings is 1. The Morgan fingerprint density at radius 3 is 2.48 bits per heavy atom. The summed E-state index contributed by atoms with van der Waals surface area (Å²) in [5, 5.41) is 0. The molecule has 3 rings (SSSR count). The fraction of sp³-hybridized carbons (Fsp3) is 0.381. The molecule has 0 aliphatic carbocycles. The molecule has 1 aliphatic heterocycles. The van der Waals surface area contributed by atoms with Gasteiger partial charge in [0.05, 0.1) is 13.5 Å². The smallest absolute Gasteiger partial charge is 0.227 e. The van der Waals surface area contributed by atoms with Gasteiger partial charge < -0.3 is 14.5 Å². The molecular formula is C21H26N2O2. The highest BCUT2D eigenvalue weighted by Gasteiger charge is 2.22. The van der Waals surface area contributed by atoms with Gasteiger partial charge in [0.25, 0.3) is 0 Å². The zero-order valence-corrected chi connectivity index (χ0v) is 15.3. The van der Waals surface area contributed by atoms with Crippen molar-refractivity contribution in [3.8, 4) is 5.75 Å². The van der Waals surface area contributed by atoms with E-state index in [-0.39, 0.29) is 5.91 Å². The van der Waals surface area contributed by atoms with Crippen molar-refractivity contribution in [1.82, 2.24) is 4.90 Å². The van der Waals surface area contributed by atoms with E-state index in [1.54, 1.807) is 7.11 Å². The SMILES string of the molecule is COc1cccc(CC(=O)N2CCN(c3cccc(C)c3C)CC2)c1. The summed E-state index contributed by atoms with van der Waals surface area (Å²) in [6.45, 7) is 7.63. The van der Waals surface area contributed by atoms with Crippen LogP contribution in [-0.2, 0) is 11.2 Å². The first-order chi connectivity index (χ1) is 12.1. The van der Waals surface area contributed by atoms with Crippen LogP contribution in [0.2, 0.25) is 0 Å². The fourth-order valence-electron chi connectivity index (χ4n) is 3.34. The number of methoxy groups -OCH3 is 1. The van der Waals surface area contributed by atoms with Crippen LogP contribution in [0.1, 0.15) is 16.7 Å². The first-order valence-corrected chi connectivity index (χ1v) is 8.80. The maximum Gasteiger partial charge on any atom is 0.227 e. The minimum absolute atomic E-state index is 0.189. The molecule has 1 amide bonds. The third-order valence-corrected chi connectivity index (χ3v) is 5.04. The molecule has 0 N–H and O–H groups in total. The molecule has 0 spiro atoms. The zero-order valence-electron chi connectivity index (χ0n) is 15.3. The van der Waals surface area contributed by atoms with Crippen molar-refractivity contribution in [2.45, 2.75) is 20.3 Å². The number of aryl methyl sites for hydroxylation is 1. The van der Waals surface area contributed by atoms with Gasteiger partial charge in [0, 0.05) is 31.9 Å². The van der Waals surface area contributed by atoms with Gasteiger partial charge in [-0.2, -0.15) is 0 Å². The van der Waals surface area contributed by atoms with E-state index >= 15 is 0 Å². The van der Waals surface area contributed by atoms with Gasteiger partial charge in [-0.1, -0.05) is 24.3 Å². The van der Waals surface area contributed by atoms with Gasteiger partial charge in [-0.25, -0.2) is 0 Å². The van der Waals surface area contributed by atoms with Crippen LogP contribution in [0.3, 0.4) is 0 Å². The first kappa shape index (κ1) is 17.3. The third kappa shape index (κ3) is 3.95. The topological polar surface area (TPSA) is 32.8 Å². The largest absolute Gasteiger partial charge is 0.497 e. The van der Waals surface area contributed by atoms with Crippen molar-refractivity contribution in [3.05, 3.63) is 59.2 Å². The van der Waals surface area contributed by atoms with Gasteiger partial charge >= 0.3 is 0 Å². The minimum Gasteiger partial charge on any atom is -0.497 e. The van der Waals surface area contributed by atoms with E-state index in [0.29, 0.717) is 6.42 Å². The predicted molar refractivity (Wildman–Crippen MR) is 101 cm³/mol. The molecular weight excluding hydrogens is 312 g/mol. The molecule has 1 aliphatic rings. The second kappa shape index (κ2) is 7.60. The van der Waals surface area contributed by atoms with Crippen molar-refractivity contribution in [2.75, 3.05) is 38.2 Å². The molecule has 0 aromatic heterocycles. The molecule has 0 bridgehead atoms. The van der Waals surface area contributed by atoms with Gasteiger partial charge in [-0.15, -0.1) is 0 Å². The summed E-state index contributed by atoms with van der Waals surface area (Å²) < 4.78 is 5.23. The molecule has 1 fully saturated rings. The summed E-state index contributed by atoms with van der Waals surface area (Å²) in [7, 11) is 1.65. The molecule has 0 unspecified atom stereocenters. The maximum atomic E-state index is 12.6. The van der Waals surface area contributed by atoms with E-state index in [2.05, 4.69) is 36.9 Å². The average Bonchev–Trinajstić information content (AvgIpc) is 2.64. The highest BCUT2D eigenvalue weighted by Crippen LogP contribution is 2.24. The zero-order chi connectivity index (χ0) is 17.8. The number of carbonyl (C=O) groups excluding carboxylic acids is 1.